The summed E-state index contributed by atoms with van der Waals surface area (Å²) in [6, 6.07) is 5.76. The summed E-state index contributed by atoms with van der Waals surface area (Å²) in [6.45, 7) is 2.30. The first-order chi connectivity index (χ1) is 9.00. The topological polar surface area (TPSA) is 57.6 Å². The van der Waals surface area contributed by atoms with Gasteiger partial charge in [0.25, 0.3) is 5.91 Å². The Labute approximate surface area is 110 Å². The van der Waals surface area contributed by atoms with Gasteiger partial charge in [0, 0.05) is 13.1 Å². The molecular formula is C14H16FNO3. The molecule has 0 aromatic heterocycles. The van der Waals surface area contributed by atoms with Crippen molar-refractivity contribution in [3.8, 4) is 0 Å². The molecule has 1 amide bonds. The maximum atomic E-state index is 13.6. The molecule has 0 aliphatic carbocycles. The fourth-order valence-corrected chi connectivity index (χ4v) is 2.47. The van der Waals surface area contributed by atoms with Crippen LogP contribution in [0.25, 0.3) is 0 Å². The summed E-state index contributed by atoms with van der Waals surface area (Å²) in [4.78, 5) is 24.9. The predicted molar refractivity (Wildman–Crippen MR) is 67.3 cm³/mol. The van der Waals surface area contributed by atoms with Crippen molar-refractivity contribution in [2.45, 2.75) is 19.8 Å². The van der Waals surface area contributed by atoms with E-state index < -0.39 is 23.1 Å². The van der Waals surface area contributed by atoms with Gasteiger partial charge in [-0.3, -0.25) is 9.59 Å². The molecule has 0 spiro atoms. The Morgan fingerprint density at radius 2 is 2.11 bits per heavy atom. The van der Waals surface area contributed by atoms with E-state index in [1.807, 2.05) is 0 Å². The highest BCUT2D eigenvalue weighted by atomic mass is 19.1. The van der Waals surface area contributed by atoms with Crippen LogP contribution in [0, 0.1) is 11.2 Å². The van der Waals surface area contributed by atoms with Gasteiger partial charge in [0.05, 0.1) is 11.0 Å². The summed E-state index contributed by atoms with van der Waals surface area (Å²) in [6.07, 6.45) is 0.877. The Balaban J connectivity index is 2.20. The minimum absolute atomic E-state index is 0.000193. The second-order valence-corrected chi connectivity index (χ2v) is 4.90. The fourth-order valence-electron chi connectivity index (χ4n) is 2.47. The van der Waals surface area contributed by atoms with E-state index in [2.05, 4.69) is 0 Å². The Bertz CT molecular complexity index is 517. The number of carbonyl (C=O) groups is 2. The Kier molecular flexibility index (Phi) is 3.55. The molecule has 19 heavy (non-hydrogen) atoms. The maximum Gasteiger partial charge on any atom is 0.311 e. The standard InChI is InChI=1S/C14H16FNO3/c1-2-14(13(18)19)7-8-16(9-14)12(17)10-5-3-4-6-11(10)15/h3-6H,2,7-9H2,1H3,(H,18,19). The number of nitrogens with zero attached hydrogens (tertiary/aromatic N) is 1. The largest absolute Gasteiger partial charge is 0.481 e. The summed E-state index contributed by atoms with van der Waals surface area (Å²) in [5, 5.41) is 9.28. The van der Waals surface area contributed by atoms with Gasteiger partial charge in [-0.15, -0.1) is 0 Å². The third-order valence-electron chi connectivity index (χ3n) is 3.88. The number of carbonyl (C=O) groups excluding carboxylic acids is 1. The van der Waals surface area contributed by atoms with Crippen LogP contribution in [0.15, 0.2) is 24.3 Å². The number of likely N-dealkylation sites (tertiary alicyclic amines) is 1. The molecule has 1 aliphatic heterocycles. The normalized spacial score (nSPS) is 22.5. The molecule has 1 heterocycles. The van der Waals surface area contributed by atoms with E-state index >= 15 is 0 Å². The monoisotopic (exact) mass is 265 g/mol. The molecule has 1 unspecified atom stereocenters. The van der Waals surface area contributed by atoms with Gasteiger partial charge in [0.15, 0.2) is 0 Å². The van der Waals surface area contributed by atoms with Crippen molar-refractivity contribution in [3.63, 3.8) is 0 Å². The van der Waals surface area contributed by atoms with Gasteiger partial charge in [-0.05, 0) is 25.0 Å². The number of carboxylic acids is 1. The minimum Gasteiger partial charge on any atom is -0.481 e. The van der Waals surface area contributed by atoms with Crippen molar-refractivity contribution in [2.75, 3.05) is 13.1 Å². The molecule has 1 fully saturated rings. The van der Waals surface area contributed by atoms with Crippen molar-refractivity contribution in [3.05, 3.63) is 35.6 Å². The molecule has 1 atom stereocenters. The Morgan fingerprint density at radius 1 is 1.42 bits per heavy atom. The van der Waals surface area contributed by atoms with Gasteiger partial charge in [-0.1, -0.05) is 19.1 Å². The average Bonchev–Trinajstić information content (AvgIpc) is 2.84. The van der Waals surface area contributed by atoms with Crippen molar-refractivity contribution in [1.29, 1.82) is 0 Å². The highest BCUT2D eigenvalue weighted by Gasteiger charge is 2.45. The van der Waals surface area contributed by atoms with Gasteiger partial charge in [-0.2, -0.15) is 0 Å². The van der Waals surface area contributed by atoms with Gasteiger partial charge in [-0.25, -0.2) is 4.39 Å². The van der Waals surface area contributed by atoms with E-state index in [1.54, 1.807) is 13.0 Å². The molecule has 2 rings (SSSR count). The molecule has 5 heteroatoms. The van der Waals surface area contributed by atoms with Crippen LogP contribution in [0.4, 0.5) is 4.39 Å². The summed E-state index contributed by atoms with van der Waals surface area (Å²) >= 11 is 0. The molecule has 1 aliphatic rings. The van der Waals surface area contributed by atoms with Crippen LogP contribution in [-0.2, 0) is 4.79 Å². The van der Waals surface area contributed by atoms with Gasteiger partial charge in [0.2, 0.25) is 0 Å². The van der Waals surface area contributed by atoms with Crippen LogP contribution in [-0.4, -0.2) is 35.0 Å². The minimum atomic E-state index is -0.890. The van der Waals surface area contributed by atoms with Gasteiger partial charge in [0.1, 0.15) is 5.82 Å². The van der Waals surface area contributed by atoms with Crippen molar-refractivity contribution >= 4 is 11.9 Å². The SMILES string of the molecule is CCC1(C(=O)O)CCN(C(=O)c2ccccc2F)C1. The lowest BCUT2D eigenvalue weighted by Gasteiger charge is -2.23. The van der Waals surface area contributed by atoms with Crippen LogP contribution in [0.1, 0.15) is 30.1 Å². The second-order valence-electron chi connectivity index (χ2n) is 4.90. The van der Waals surface area contributed by atoms with Gasteiger partial charge < -0.3 is 10.0 Å². The van der Waals surface area contributed by atoms with Crippen molar-refractivity contribution in [2.24, 2.45) is 5.41 Å². The fraction of sp³-hybridized carbons (Fsp3) is 0.429. The number of aliphatic carboxylic acids is 1. The van der Waals surface area contributed by atoms with Crippen molar-refractivity contribution in [1.82, 2.24) is 4.90 Å². The lowest BCUT2D eigenvalue weighted by molar-refractivity contribution is -0.148. The van der Waals surface area contributed by atoms with E-state index in [-0.39, 0.29) is 12.1 Å². The van der Waals surface area contributed by atoms with Crippen LogP contribution < -0.4 is 0 Å². The van der Waals surface area contributed by atoms with E-state index in [1.165, 1.54) is 23.1 Å². The number of benzene rings is 1. The molecule has 0 saturated carbocycles. The third kappa shape index (κ3) is 2.32. The smallest absolute Gasteiger partial charge is 0.311 e. The number of carboxylic acid groups (broad SMARTS) is 1. The van der Waals surface area contributed by atoms with Crippen molar-refractivity contribution < 1.29 is 19.1 Å². The first-order valence-corrected chi connectivity index (χ1v) is 6.27. The number of halogens is 1. The molecule has 102 valence electrons. The third-order valence-corrected chi connectivity index (χ3v) is 3.88. The first-order valence-electron chi connectivity index (χ1n) is 6.27. The molecule has 1 aromatic carbocycles. The summed E-state index contributed by atoms with van der Waals surface area (Å²) in [5.41, 5.74) is -0.888. The number of rotatable bonds is 3. The molecule has 0 bridgehead atoms. The quantitative estimate of drug-likeness (QED) is 0.911. The molecule has 1 aromatic rings. The molecule has 1 saturated heterocycles. The number of hydrogen-bond acceptors (Lipinski definition) is 2. The van der Waals surface area contributed by atoms with E-state index in [9.17, 15) is 19.1 Å². The van der Waals surface area contributed by atoms with E-state index in [0.29, 0.717) is 19.4 Å². The summed E-state index contributed by atoms with van der Waals surface area (Å²) in [5.74, 6) is -1.90. The zero-order valence-corrected chi connectivity index (χ0v) is 10.7. The molecule has 0 radical (unpaired) electrons. The Morgan fingerprint density at radius 3 is 2.63 bits per heavy atom. The number of amides is 1. The second kappa shape index (κ2) is 4.99. The predicted octanol–water partition coefficient (Wildman–Crippen LogP) is 2.15. The highest BCUT2D eigenvalue weighted by Crippen LogP contribution is 2.34. The zero-order chi connectivity index (χ0) is 14.0. The van der Waals surface area contributed by atoms with Crippen LogP contribution in [0.3, 0.4) is 0 Å². The van der Waals surface area contributed by atoms with Crippen LogP contribution in [0.5, 0.6) is 0 Å². The highest BCUT2D eigenvalue weighted by molar-refractivity contribution is 5.95. The Hall–Kier alpha value is -1.91. The summed E-state index contributed by atoms with van der Waals surface area (Å²) in [7, 11) is 0. The molecule has 4 nitrogen and oxygen atoms in total. The van der Waals surface area contributed by atoms with Gasteiger partial charge >= 0.3 is 5.97 Å². The maximum absolute atomic E-state index is 13.6. The zero-order valence-electron chi connectivity index (χ0n) is 10.7. The van der Waals surface area contributed by atoms with Crippen LogP contribution >= 0.6 is 0 Å². The average molecular weight is 265 g/mol. The summed E-state index contributed by atoms with van der Waals surface area (Å²) < 4.78 is 13.6. The van der Waals surface area contributed by atoms with E-state index in [4.69, 9.17) is 0 Å². The lowest BCUT2D eigenvalue weighted by Crippen LogP contribution is -2.36. The first kappa shape index (κ1) is 13.5. The van der Waals surface area contributed by atoms with Crippen LogP contribution in [0.2, 0.25) is 0 Å². The molecular weight excluding hydrogens is 249 g/mol. The molecule has 1 N–H and O–H groups in total. The van der Waals surface area contributed by atoms with E-state index in [0.717, 1.165) is 0 Å². The number of hydrogen-bond donors (Lipinski definition) is 1. The lowest BCUT2D eigenvalue weighted by atomic mass is 9.84.